The van der Waals surface area contributed by atoms with E-state index >= 15 is 0 Å². The molecule has 1 heterocycles. The van der Waals surface area contributed by atoms with Gasteiger partial charge < -0.3 is 10.1 Å². The molecular formula is C13H10BrNO. The molecule has 1 aliphatic rings. The van der Waals surface area contributed by atoms with Gasteiger partial charge in [0.05, 0.1) is 5.69 Å². The standard InChI is InChI=1S/C13H10BrNO/c14-10-7-4-8-11-12(10)15-13(16-11)9-5-2-1-3-6-9/h1-8,13,15H. The van der Waals surface area contributed by atoms with E-state index in [4.69, 9.17) is 4.74 Å². The normalized spacial score (nSPS) is 17.4. The van der Waals surface area contributed by atoms with Gasteiger partial charge in [0.15, 0.2) is 6.23 Å². The molecule has 0 spiro atoms. The Morgan fingerprint density at radius 3 is 2.56 bits per heavy atom. The van der Waals surface area contributed by atoms with E-state index in [-0.39, 0.29) is 6.23 Å². The Bertz CT molecular complexity index is 513. The molecule has 2 aromatic carbocycles. The van der Waals surface area contributed by atoms with Crippen LogP contribution in [0.1, 0.15) is 11.8 Å². The molecule has 3 rings (SSSR count). The summed E-state index contributed by atoms with van der Waals surface area (Å²) in [6.07, 6.45) is -0.0881. The third-order valence-corrected chi connectivity index (χ3v) is 3.26. The highest BCUT2D eigenvalue weighted by Crippen LogP contribution is 2.42. The zero-order chi connectivity index (χ0) is 11.0. The zero-order valence-electron chi connectivity index (χ0n) is 8.48. The van der Waals surface area contributed by atoms with Crippen molar-refractivity contribution in [3.8, 4) is 5.75 Å². The Kier molecular flexibility index (Phi) is 2.33. The van der Waals surface area contributed by atoms with Gasteiger partial charge in [-0.05, 0) is 28.1 Å². The van der Waals surface area contributed by atoms with E-state index in [1.807, 2.05) is 36.4 Å². The SMILES string of the molecule is Brc1cccc2c1NC(c1ccccc1)O2. The fourth-order valence-electron chi connectivity index (χ4n) is 1.81. The molecule has 0 fully saturated rings. The molecule has 0 radical (unpaired) electrons. The van der Waals surface area contributed by atoms with Crippen LogP contribution in [0, 0.1) is 0 Å². The number of anilines is 1. The third-order valence-electron chi connectivity index (χ3n) is 2.60. The Hall–Kier alpha value is -1.48. The van der Waals surface area contributed by atoms with Crippen molar-refractivity contribution in [1.29, 1.82) is 0 Å². The number of para-hydroxylation sites is 1. The lowest BCUT2D eigenvalue weighted by molar-refractivity contribution is 0.260. The van der Waals surface area contributed by atoms with E-state index in [1.54, 1.807) is 0 Å². The molecule has 1 atom stereocenters. The van der Waals surface area contributed by atoms with E-state index in [0.29, 0.717) is 0 Å². The molecule has 0 aliphatic carbocycles. The summed E-state index contributed by atoms with van der Waals surface area (Å²) >= 11 is 3.50. The first-order chi connectivity index (χ1) is 7.84. The summed E-state index contributed by atoms with van der Waals surface area (Å²) in [6, 6.07) is 16.1. The van der Waals surface area contributed by atoms with Gasteiger partial charge in [-0.25, -0.2) is 0 Å². The highest BCUT2D eigenvalue weighted by atomic mass is 79.9. The summed E-state index contributed by atoms with van der Waals surface area (Å²) < 4.78 is 6.86. The first-order valence-electron chi connectivity index (χ1n) is 5.11. The number of hydrogen-bond acceptors (Lipinski definition) is 2. The first kappa shape index (κ1) is 9.73. The minimum absolute atomic E-state index is 0.0881. The van der Waals surface area contributed by atoms with Crippen LogP contribution < -0.4 is 10.1 Å². The first-order valence-corrected chi connectivity index (χ1v) is 5.90. The van der Waals surface area contributed by atoms with Crippen LogP contribution in [0.2, 0.25) is 0 Å². The van der Waals surface area contributed by atoms with Gasteiger partial charge in [-0.15, -0.1) is 0 Å². The summed E-state index contributed by atoms with van der Waals surface area (Å²) in [7, 11) is 0. The van der Waals surface area contributed by atoms with Crippen LogP contribution in [0.5, 0.6) is 5.75 Å². The maximum absolute atomic E-state index is 5.83. The van der Waals surface area contributed by atoms with Crippen LogP contribution in [0.25, 0.3) is 0 Å². The number of hydrogen-bond donors (Lipinski definition) is 1. The second kappa shape index (κ2) is 3.83. The monoisotopic (exact) mass is 275 g/mol. The van der Waals surface area contributed by atoms with E-state index in [0.717, 1.165) is 21.5 Å². The molecule has 0 aromatic heterocycles. The van der Waals surface area contributed by atoms with Crippen molar-refractivity contribution in [3.05, 3.63) is 58.6 Å². The van der Waals surface area contributed by atoms with E-state index in [2.05, 4.69) is 33.4 Å². The number of nitrogens with one attached hydrogen (secondary N) is 1. The second-order valence-corrected chi connectivity index (χ2v) is 4.52. The fourth-order valence-corrected chi connectivity index (χ4v) is 2.27. The molecule has 3 heteroatoms. The highest BCUT2D eigenvalue weighted by molar-refractivity contribution is 9.10. The van der Waals surface area contributed by atoms with Crippen LogP contribution in [0.4, 0.5) is 5.69 Å². The fraction of sp³-hybridized carbons (Fsp3) is 0.0769. The van der Waals surface area contributed by atoms with Crippen LogP contribution in [-0.2, 0) is 0 Å². The molecule has 0 amide bonds. The number of ether oxygens (including phenoxy) is 1. The number of fused-ring (bicyclic) bond motifs is 1. The Morgan fingerprint density at radius 2 is 1.81 bits per heavy atom. The molecule has 80 valence electrons. The molecular weight excluding hydrogens is 266 g/mol. The van der Waals surface area contributed by atoms with Gasteiger partial charge in [0.1, 0.15) is 5.75 Å². The minimum atomic E-state index is -0.0881. The topological polar surface area (TPSA) is 21.3 Å². The lowest BCUT2D eigenvalue weighted by Gasteiger charge is -2.10. The van der Waals surface area contributed by atoms with Crippen molar-refractivity contribution in [2.75, 3.05) is 5.32 Å². The van der Waals surface area contributed by atoms with Crippen LogP contribution in [0.3, 0.4) is 0 Å². The lowest BCUT2D eigenvalue weighted by Crippen LogP contribution is -2.09. The maximum atomic E-state index is 5.83. The van der Waals surface area contributed by atoms with Gasteiger partial charge in [0, 0.05) is 10.0 Å². The predicted octanol–water partition coefficient (Wildman–Crippen LogP) is 3.95. The van der Waals surface area contributed by atoms with Gasteiger partial charge in [0.2, 0.25) is 0 Å². The van der Waals surface area contributed by atoms with E-state index in [1.165, 1.54) is 0 Å². The third kappa shape index (κ3) is 1.57. The van der Waals surface area contributed by atoms with E-state index < -0.39 is 0 Å². The van der Waals surface area contributed by atoms with Crippen molar-refractivity contribution >= 4 is 21.6 Å². The largest absolute Gasteiger partial charge is 0.464 e. The molecule has 0 saturated heterocycles. The second-order valence-electron chi connectivity index (χ2n) is 3.67. The average Bonchev–Trinajstić information content (AvgIpc) is 2.76. The van der Waals surface area contributed by atoms with Gasteiger partial charge in [-0.1, -0.05) is 36.4 Å². The van der Waals surface area contributed by atoms with Crippen molar-refractivity contribution < 1.29 is 4.74 Å². The summed E-state index contributed by atoms with van der Waals surface area (Å²) in [4.78, 5) is 0. The molecule has 2 nitrogen and oxygen atoms in total. The summed E-state index contributed by atoms with van der Waals surface area (Å²) in [5, 5.41) is 3.35. The minimum Gasteiger partial charge on any atom is -0.464 e. The molecule has 0 bridgehead atoms. The molecule has 16 heavy (non-hydrogen) atoms. The average molecular weight is 276 g/mol. The smallest absolute Gasteiger partial charge is 0.196 e. The van der Waals surface area contributed by atoms with Crippen molar-refractivity contribution in [1.82, 2.24) is 0 Å². The summed E-state index contributed by atoms with van der Waals surface area (Å²) in [5.74, 6) is 0.892. The van der Waals surface area contributed by atoms with Crippen molar-refractivity contribution in [2.24, 2.45) is 0 Å². The van der Waals surface area contributed by atoms with Crippen LogP contribution >= 0.6 is 15.9 Å². The molecule has 2 aromatic rings. The number of rotatable bonds is 1. The van der Waals surface area contributed by atoms with Crippen LogP contribution in [-0.4, -0.2) is 0 Å². The van der Waals surface area contributed by atoms with E-state index in [9.17, 15) is 0 Å². The Labute approximate surface area is 102 Å². The molecule has 0 saturated carbocycles. The van der Waals surface area contributed by atoms with Gasteiger partial charge in [-0.3, -0.25) is 0 Å². The van der Waals surface area contributed by atoms with Crippen LogP contribution in [0.15, 0.2) is 53.0 Å². The predicted molar refractivity (Wildman–Crippen MR) is 67.6 cm³/mol. The van der Waals surface area contributed by atoms with Gasteiger partial charge in [-0.2, -0.15) is 0 Å². The maximum Gasteiger partial charge on any atom is 0.196 e. The number of halogens is 1. The zero-order valence-corrected chi connectivity index (χ0v) is 10.1. The van der Waals surface area contributed by atoms with Gasteiger partial charge in [0.25, 0.3) is 0 Å². The summed E-state index contributed by atoms with van der Waals surface area (Å²) in [5.41, 5.74) is 2.15. The Balaban J connectivity index is 1.94. The summed E-state index contributed by atoms with van der Waals surface area (Å²) in [6.45, 7) is 0. The quantitative estimate of drug-likeness (QED) is 0.851. The van der Waals surface area contributed by atoms with Crippen molar-refractivity contribution in [2.45, 2.75) is 6.23 Å². The molecule has 1 N–H and O–H groups in total. The Morgan fingerprint density at radius 1 is 1.00 bits per heavy atom. The molecule has 1 unspecified atom stereocenters. The van der Waals surface area contributed by atoms with Gasteiger partial charge >= 0.3 is 0 Å². The number of benzene rings is 2. The molecule has 1 aliphatic heterocycles. The highest BCUT2D eigenvalue weighted by Gasteiger charge is 2.24. The lowest BCUT2D eigenvalue weighted by atomic mass is 10.2. The van der Waals surface area contributed by atoms with Crippen molar-refractivity contribution in [3.63, 3.8) is 0 Å².